The molecule has 1 aromatic carbocycles. The second-order valence-corrected chi connectivity index (χ2v) is 14.2. The molecular weight excluding hydrogens is 615 g/mol. The molecule has 0 bridgehead atoms. The molecule has 1 saturated heterocycles. The van der Waals surface area contributed by atoms with E-state index in [1.54, 1.807) is 24.3 Å². The molecule has 2 heterocycles. The number of aliphatic imine (C=N–C) groups is 2. The molecule has 15 heteroatoms. The third-order valence-corrected chi connectivity index (χ3v) is 8.97. The van der Waals surface area contributed by atoms with Gasteiger partial charge in [0.05, 0.1) is 18.9 Å². The van der Waals surface area contributed by atoms with Crippen LogP contribution in [0.25, 0.3) is 0 Å². The number of carbonyl (C=O) groups is 1. The van der Waals surface area contributed by atoms with Gasteiger partial charge in [-0.3, -0.25) is 19.3 Å². The van der Waals surface area contributed by atoms with E-state index in [-0.39, 0.29) is 35.2 Å². The van der Waals surface area contributed by atoms with E-state index in [2.05, 4.69) is 47.7 Å². The van der Waals surface area contributed by atoms with Gasteiger partial charge < -0.3 is 29.9 Å². The number of amidine groups is 1. The summed E-state index contributed by atoms with van der Waals surface area (Å²) in [5.41, 5.74) is 5.81. The number of carbonyl (C=O) groups excluding carboxylic acids is 1. The summed E-state index contributed by atoms with van der Waals surface area (Å²) in [5.74, 6) is -0.200. The van der Waals surface area contributed by atoms with Crippen molar-refractivity contribution in [3.63, 3.8) is 0 Å². The van der Waals surface area contributed by atoms with Gasteiger partial charge >= 0.3 is 13.7 Å². The van der Waals surface area contributed by atoms with Crippen molar-refractivity contribution in [1.82, 2.24) is 9.76 Å². The summed E-state index contributed by atoms with van der Waals surface area (Å²) in [5, 5.41) is 29.1. The van der Waals surface area contributed by atoms with E-state index in [0.717, 1.165) is 5.56 Å². The summed E-state index contributed by atoms with van der Waals surface area (Å²) >= 11 is 0. The van der Waals surface area contributed by atoms with Gasteiger partial charge in [0.15, 0.2) is 5.60 Å². The number of nitrogens with one attached hydrogen (secondary N) is 1. The third kappa shape index (κ3) is 8.30. The van der Waals surface area contributed by atoms with E-state index in [0.29, 0.717) is 5.69 Å². The second kappa shape index (κ2) is 15.0. The Hall–Kier alpha value is -3.39. The molecule has 46 heavy (non-hydrogen) atoms. The maximum Gasteiger partial charge on any atom is 0.459 e. The number of aliphatic hydroxyl groups is 2. The van der Waals surface area contributed by atoms with Crippen molar-refractivity contribution in [1.29, 1.82) is 0 Å². The minimum absolute atomic E-state index is 0.0929. The Balaban J connectivity index is 1.92. The molecular formula is C31H47N6O8P. The molecule has 1 unspecified atom stereocenters. The number of ether oxygens (including phenoxy) is 2. The van der Waals surface area contributed by atoms with Gasteiger partial charge in [0, 0.05) is 27.0 Å². The monoisotopic (exact) mass is 662 g/mol. The Bertz CT molecular complexity index is 1470. The van der Waals surface area contributed by atoms with Crippen molar-refractivity contribution >= 4 is 32.5 Å². The maximum atomic E-state index is 14.2. The topological polar surface area (TPSA) is 192 Å². The van der Waals surface area contributed by atoms with Crippen LogP contribution in [0.5, 0.6) is 5.75 Å². The Labute approximate surface area is 270 Å². The molecule has 1 aromatic heterocycles. The Morgan fingerprint density at radius 3 is 2.39 bits per heavy atom. The lowest BCUT2D eigenvalue weighted by atomic mass is 9.87. The number of esters is 1. The molecule has 14 nitrogen and oxygen atoms in total. The number of hydrogen-bond donors (Lipinski definition) is 4. The highest BCUT2D eigenvalue weighted by Crippen LogP contribution is 2.47. The van der Waals surface area contributed by atoms with Gasteiger partial charge in [-0.15, -0.1) is 0 Å². The van der Waals surface area contributed by atoms with Crippen molar-refractivity contribution in [2.75, 3.05) is 27.3 Å². The van der Waals surface area contributed by atoms with Gasteiger partial charge in [0.1, 0.15) is 41.6 Å². The minimum atomic E-state index is -4.33. The predicted molar refractivity (Wildman–Crippen MR) is 177 cm³/mol. The van der Waals surface area contributed by atoms with Crippen molar-refractivity contribution in [3.8, 4) is 5.75 Å². The smallest absolute Gasteiger partial charge is 0.459 e. The zero-order valence-electron chi connectivity index (χ0n) is 27.7. The Morgan fingerprint density at radius 1 is 1.20 bits per heavy atom. The number of aromatic nitrogens is 1. The lowest BCUT2D eigenvalue weighted by Crippen LogP contribution is -2.43. The molecule has 0 amide bonds. The van der Waals surface area contributed by atoms with Crippen LogP contribution in [0, 0.1) is 5.92 Å². The first kappa shape index (κ1) is 37.1. The van der Waals surface area contributed by atoms with E-state index in [1.165, 1.54) is 31.9 Å². The SMILES string of the molecule is C=Nn1c(/C(N)=N\C)ccc1[C@]1(C=NC)O[C@H](COP(=O)(N[C@@H](C)C(=O)OCC(C)C)Oc2ccc(C(C)(C)C)cc2)[C@@H](O)[C@H]1O. The van der Waals surface area contributed by atoms with Gasteiger partial charge in [0.2, 0.25) is 0 Å². The van der Waals surface area contributed by atoms with Crippen molar-refractivity contribution in [2.24, 2.45) is 26.7 Å². The van der Waals surface area contributed by atoms with E-state index >= 15 is 0 Å². The highest BCUT2D eigenvalue weighted by molar-refractivity contribution is 7.52. The zero-order chi connectivity index (χ0) is 34.4. The number of nitrogens with zero attached hydrogens (tertiary/aromatic N) is 4. The summed E-state index contributed by atoms with van der Waals surface area (Å²) in [6, 6.07) is 9.08. The summed E-state index contributed by atoms with van der Waals surface area (Å²) in [6.07, 6.45) is -3.04. The third-order valence-electron chi connectivity index (χ3n) is 7.33. The van der Waals surface area contributed by atoms with Crippen molar-refractivity contribution in [3.05, 3.63) is 53.3 Å². The molecule has 0 aliphatic carbocycles. The van der Waals surface area contributed by atoms with Gasteiger partial charge in [-0.05, 0) is 48.1 Å². The number of hydrogen-bond acceptors (Lipinski definition) is 11. The van der Waals surface area contributed by atoms with Crippen LogP contribution < -0.4 is 15.3 Å². The van der Waals surface area contributed by atoms with Crippen LogP contribution in [-0.4, -0.2) is 91.3 Å². The summed E-state index contributed by atoms with van der Waals surface area (Å²) < 4.78 is 38.7. The number of aliphatic hydroxyl groups excluding tert-OH is 2. The van der Waals surface area contributed by atoms with Crippen LogP contribution in [0.4, 0.5) is 0 Å². The first-order valence-electron chi connectivity index (χ1n) is 14.9. The van der Waals surface area contributed by atoms with Crippen LogP contribution in [0.2, 0.25) is 0 Å². The lowest BCUT2D eigenvalue weighted by molar-refractivity contribution is -0.146. The predicted octanol–water partition coefficient (Wildman–Crippen LogP) is 2.98. The van der Waals surface area contributed by atoms with Crippen molar-refractivity contribution < 1.29 is 38.1 Å². The second-order valence-electron chi connectivity index (χ2n) is 12.5. The highest BCUT2D eigenvalue weighted by Gasteiger charge is 2.56. The number of benzene rings is 1. The zero-order valence-corrected chi connectivity index (χ0v) is 28.6. The van der Waals surface area contributed by atoms with Crippen molar-refractivity contribution in [2.45, 2.75) is 76.9 Å². The van der Waals surface area contributed by atoms with Gasteiger partial charge in [-0.1, -0.05) is 46.8 Å². The van der Waals surface area contributed by atoms with Gasteiger partial charge in [-0.2, -0.15) is 10.2 Å². The maximum absolute atomic E-state index is 14.2. The fourth-order valence-electron chi connectivity index (χ4n) is 4.82. The lowest BCUT2D eigenvalue weighted by Gasteiger charge is -2.29. The van der Waals surface area contributed by atoms with E-state index in [9.17, 15) is 19.6 Å². The van der Waals surface area contributed by atoms with E-state index in [1.807, 2.05) is 26.0 Å². The standard InChI is InChI=1S/C31H47N6O8P/c1-19(2)16-42-29(40)20(3)36-46(41,45-22-12-10-21(11-13-22)30(4,5)6)43-17-24-26(38)27(39)31(44-24,18-33-7)25-15-14-23(28(32)34-8)37(25)35-9/h10-15,18-20,24,26-27,38-39H,9,16-17H2,1-8H3,(H2,32,34)(H,36,41)/t20-,24+,26+,27+,31-,46?/m0/s1. The van der Waals surface area contributed by atoms with E-state index in [4.69, 9.17) is 24.3 Å². The first-order valence-corrected chi connectivity index (χ1v) is 16.4. The summed E-state index contributed by atoms with van der Waals surface area (Å²) in [7, 11) is -1.35. The van der Waals surface area contributed by atoms with Crippen LogP contribution in [0.3, 0.4) is 0 Å². The van der Waals surface area contributed by atoms with Crippen LogP contribution in [0.15, 0.2) is 51.5 Å². The van der Waals surface area contributed by atoms with Crippen LogP contribution in [0.1, 0.15) is 58.5 Å². The molecule has 0 spiro atoms. The molecule has 0 radical (unpaired) electrons. The fourth-order valence-corrected chi connectivity index (χ4v) is 6.32. The Morgan fingerprint density at radius 2 is 1.85 bits per heavy atom. The summed E-state index contributed by atoms with van der Waals surface area (Å²) in [6.45, 7) is 14.7. The minimum Gasteiger partial charge on any atom is -0.464 e. The number of rotatable bonds is 14. The molecule has 2 aromatic rings. The first-order chi connectivity index (χ1) is 21.5. The number of nitrogens with two attached hydrogens (primary N) is 1. The quantitative estimate of drug-likeness (QED) is 0.101. The van der Waals surface area contributed by atoms with Crippen LogP contribution in [-0.2, 0) is 34.4 Å². The Kier molecular flexibility index (Phi) is 12.1. The molecule has 254 valence electrons. The molecule has 0 saturated carbocycles. The average Bonchev–Trinajstić information content (AvgIpc) is 3.54. The van der Waals surface area contributed by atoms with E-state index < -0.39 is 50.3 Å². The fraction of sp³-hybridized carbons (Fsp3) is 0.548. The average molecular weight is 663 g/mol. The summed E-state index contributed by atoms with van der Waals surface area (Å²) in [4.78, 5) is 20.7. The van der Waals surface area contributed by atoms with Gasteiger partial charge in [-0.25, -0.2) is 9.24 Å². The normalized spacial score (nSPS) is 24.2. The molecule has 3 rings (SSSR count). The molecule has 5 N–H and O–H groups in total. The van der Waals surface area contributed by atoms with Gasteiger partial charge in [0.25, 0.3) is 0 Å². The molecule has 6 atom stereocenters. The van der Waals surface area contributed by atoms with Crippen LogP contribution >= 0.6 is 7.75 Å². The molecule has 1 aliphatic heterocycles. The highest BCUT2D eigenvalue weighted by atomic mass is 31.2. The molecule has 1 fully saturated rings. The molecule has 1 aliphatic rings. The largest absolute Gasteiger partial charge is 0.464 e.